The zero-order chi connectivity index (χ0) is 14.4. The van der Waals surface area contributed by atoms with Crippen LogP contribution in [-0.2, 0) is 22.5 Å². The summed E-state index contributed by atoms with van der Waals surface area (Å²) in [7, 11) is 1.74. The van der Waals surface area contributed by atoms with Crippen LogP contribution >= 0.6 is 0 Å². The average molecular weight is 277 g/mol. The third-order valence-electron chi connectivity index (χ3n) is 3.58. The van der Waals surface area contributed by atoms with Gasteiger partial charge in [-0.05, 0) is 24.0 Å². The third kappa shape index (κ3) is 4.59. The van der Waals surface area contributed by atoms with E-state index >= 15 is 0 Å². The Labute approximate surface area is 120 Å². The fraction of sp³-hybridized carbons (Fsp3) is 0.533. The van der Waals surface area contributed by atoms with Crippen LogP contribution in [0.15, 0.2) is 24.3 Å². The Bertz CT molecular complexity index is 429. The SMILES string of the molecule is COCCN(Cc1ccc(CC(=O)NN)cc1)C1CC1. The van der Waals surface area contributed by atoms with Crippen LogP contribution in [0.1, 0.15) is 24.0 Å². The molecular weight excluding hydrogens is 254 g/mol. The van der Waals surface area contributed by atoms with Crippen molar-refractivity contribution in [2.45, 2.75) is 31.8 Å². The van der Waals surface area contributed by atoms with Crippen molar-refractivity contribution in [3.63, 3.8) is 0 Å². The second-order valence-corrected chi connectivity index (χ2v) is 5.26. The normalized spacial score (nSPS) is 14.6. The highest BCUT2D eigenvalue weighted by Gasteiger charge is 2.28. The van der Waals surface area contributed by atoms with Crippen molar-refractivity contribution in [3.05, 3.63) is 35.4 Å². The molecule has 0 aromatic heterocycles. The first-order valence-corrected chi connectivity index (χ1v) is 7.03. The van der Waals surface area contributed by atoms with E-state index in [4.69, 9.17) is 10.6 Å². The number of methoxy groups -OCH3 is 1. The molecule has 1 aliphatic rings. The summed E-state index contributed by atoms with van der Waals surface area (Å²) in [6.45, 7) is 2.68. The minimum Gasteiger partial charge on any atom is -0.383 e. The van der Waals surface area contributed by atoms with E-state index in [1.807, 2.05) is 12.1 Å². The molecule has 1 fully saturated rings. The standard InChI is InChI=1S/C15H23N3O2/c1-20-9-8-18(14-6-7-14)11-13-4-2-12(3-5-13)10-15(19)17-16/h2-5,14H,6-11,16H2,1H3,(H,17,19). The highest BCUT2D eigenvalue weighted by molar-refractivity contribution is 5.77. The van der Waals surface area contributed by atoms with Crippen molar-refractivity contribution in [1.82, 2.24) is 10.3 Å². The van der Waals surface area contributed by atoms with Crippen LogP contribution in [0, 0.1) is 0 Å². The predicted octanol–water partition coefficient (Wildman–Crippen LogP) is 0.830. The summed E-state index contributed by atoms with van der Waals surface area (Å²) in [5.41, 5.74) is 4.39. The second kappa shape index (κ2) is 7.38. The fourth-order valence-corrected chi connectivity index (χ4v) is 2.27. The van der Waals surface area contributed by atoms with Gasteiger partial charge in [-0.25, -0.2) is 5.84 Å². The maximum atomic E-state index is 11.2. The maximum absolute atomic E-state index is 11.2. The summed E-state index contributed by atoms with van der Waals surface area (Å²) in [5, 5.41) is 0. The molecule has 0 aliphatic heterocycles. The number of ether oxygens (including phenoxy) is 1. The van der Waals surface area contributed by atoms with E-state index in [0.29, 0.717) is 12.5 Å². The Hall–Kier alpha value is -1.43. The molecule has 1 aromatic rings. The summed E-state index contributed by atoms with van der Waals surface area (Å²) in [4.78, 5) is 13.7. The number of nitrogens with one attached hydrogen (secondary N) is 1. The van der Waals surface area contributed by atoms with Crippen molar-refractivity contribution >= 4 is 5.91 Å². The Morgan fingerprint density at radius 1 is 1.35 bits per heavy atom. The molecule has 1 amide bonds. The number of benzene rings is 1. The molecular formula is C15H23N3O2. The van der Waals surface area contributed by atoms with Crippen LogP contribution in [-0.4, -0.2) is 37.1 Å². The number of rotatable bonds is 8. The molecule has 0 saturated heterocycles. The smallest absolute Gasteiger partial charge is 0.238 e. The van der Waals surface area contributed by atoms with Crippen molar-refractivity contribution < 1.29 is 9.53 Å². The van der Waals surface area contributed by atoms with Gasteiger partial charge in [0, 0.05) is 26.2 Å². The third-order valence-corrected chi connectivity index (χ3v) is 3.58. The van der Waals surface area contributed by atoms with E-state index < -0.39 is 0 Å². The van der Waals surface area contributed by atoms with Crippen molar-refractivity contribution in [1.29, 1.82) is 0 Å². The Balaban J connectivity index is 1.89. The lowest BCUT2D eigenvalue weighted by molar-refractivity contribution is -0.120. The molecule has 2 rings (SSSR count). The van der Waals surface area contributed by atoms with E-state index in [2.05, 4.69) is 22.5 Å². The summed E-state index contributed by atoms with van der Waals surface area (Å²) >= 11 is 0. The van der Waals surface area contributed by atoms with Gasteiger partial charge in [0.05, 0.1) is 13.0 Å². The molecule has 1 aromatic carbocycles. The number of carbonyl (C=O) groups excluding carboxylic acids is 1. The number of nitrogens with zero attached hydrogens (tertiary/aromatic N) is 1. The molecule has 3 N–H and O–H groups in total. The van der Waals surface area contributed by atoms with E-state index in [0.717, 1.165) is 25.3 Å². The maximum Gasteiger partial charge on any atom is 0.238 e. The number of hydrazine groups is 1. The Morgan fingerprint density at radius 3 is 2.55 bits per heavy atom. The van der Waals surface area contributed by atoms with Crippen molar-refractivity contribution in [2.75, 3.05) is 20.3 Å². The van der Waals surface area contributed by atoms with Gasteiger partial charge in [0.1, 0.15) is 0 Å². The Kier molecular flexibility index (Phi) is 5.52. The largest absolute Gasteiger partial charge is 0.383 e. The first kappa shape index (κ1) is 15.0. The Morgan fingerprint density at radius 2 is 2.00 bits per heavy atom. The fourth-order valence-electron chi connectivity index (χ4n) is 2.27. The summed E-state index contributed by atoms with van der Waals surface area (Å²) < 4.78 is 5.17. The predicted molar refractivity (Wildman–Crippen MR) is 77.8 cm³/mol. The lowest BCUT2D eigenvalue weighted by atomic mass is 10.1. The molecule has 5 nitrogen and oxygen atoms in total. The highest BCUT2D eigenvalue weighted by atomic mass is 16.5. The molecule has 0 bridgehead atoms. The summed E-state index contributed by atoms with van der Waals surface area (Å²) in [6.07, 6.45) is 2.91. The van der Waals surface area contributed by atoms with E-state index in [1.54, 1.807) is 7.11 Å². The van der Waals surface area contributed by atoms with E-state index in [1.165, 1.54) is 18.4 Å². The van der Waals surface area contributed by atoms with E-state index in [9.17, 15) is 4.79 Å². The molecule has 1 aliphatic carbocycles. The molecule has 0 radical (unpaired) electrons. The van der Waals surface area contributed by atoms with Crippen molar-refractivity contribution in [3.8, 4) is 0 Å². The van der Waals surface area contributed by atoms with Crippen LogP contribution in [0.25, 0.3) is 0 Å². The van der Waals surface area contributed by atoms with Gasteiger partial charge in [-0.1, -0.05) is 24.3 Å². The van der Waals surface area contributed by atoms with Gasteiger partial charge in [0.15, 0.2) is 0 Å². The molecule has 0 unspecified atom stereocenters. The van der Waals surface area contributed by atoms with Gasteiger partial charge in [0.25, 0.3) is 0 Å². The van der Waals surface area contributed by atoms with Crippen molar-refractivity contribution in [2.24, 2.45) is 5.84 Å². The minimum absolute atomic E-state index is 0.169. The summed E-state index contributed by atoms with van der Waals surface area (Å²) in [6, 6.07) is 8.87. The number of hydrogen-bond donors (Lipinski definition) is 2. The molecule has 0 heterocycles. The van der Waals surface area contributed by atoms with Gasteiger partial charge in [-0.15, -0.1) is 0 Å². The van der Waals surface area contributed by atoms with Gasteiger partial charge in [-0.3, -0.25) is 15.1 Å². The number of carbonyl (C=O) groups is 1. The molecule has 0 spiro atoms. The molecule has 0 atom stereocenters. The highest BCUT2D eigenvalue weighted by Crippen LogP contribution is 2.28. The molecule has 5 heteroatoms. The lowest BCUT2D eigenvalue weighted by Crippen LogP contribution is -2.31. The topological polar surface area (TPSA) is 67.6 Å². The molecule has 110 valence electrons. The zero-order valence-corrected chi connectivity index (χ0v) is 12.0. The number of nitrogens with two attached hydrogens (primary N) is 1. The average Bonchev–Trinajstić information content (AvgIpc) is 3.29. The first-order valence-electron chi connectivity index (χ1n) is 7.03. The quantitative estimate of drug-likeness (QED) is 0.419. The monoisotopic (exact) mass is 277 g/mol. The van der Waals surface area contributed by atoms with Crippen LogP contribution in [0.5, 0.6) is 0 Å². The summed E-state index contributed by atoms with van der Waals surface area (Å²) in [5.74, 6) is 4.92. The van der Waals surface area contributed by atoms with Crippen LogP contribution in [0.2, 0.25) is 0 Å². The molecule has 1 saturated carbocycles. The van der Waals surface area contributed by atoms with Gasteiger partial charge >= 0.3 is 0 Å². The number of amides is 1. The molecule has 20 heavy (non-hydrogen) atoms. The second-order valence-electron chi connectivity index (χ2n) is 5.26. The van der Waals surface area contributed by atoms with Crippen LogP contribution in [0.4, 0.5) is 0 Å². The van der Waals surface area contributed by atoms with Crippen LogP contribution in [0.3, 0.4) is 0 Å². The van der Waals surface area contributed by atoms with E-state index in [-0.39, 0.29) is 5.91 Å². The van der Waals surface area contributed by atoms with Gasteiger partial charge in [-0.2, -0.15) is 0 Å². The first-order chi connectivity index (χ1) is 9.72. The lowest BCUT2D eigenvalue weighted by Gasteiger charge is -2.21. The minimum atomic E-state index is -0.169. The zero-order valence-electron chi connectivity index (χ0n) is 12.0. The van der Waals surface area contributed by atoms with Crippen LogP contribution < -0.4 is 11.3 Å². The van der Waals surface area contributed by atoms with Gasteiger partial charge in [0.2, 0.25) is 5.91 Å². The van der Waals surface area contributed by atoms with Gasteiger partial charge < -0.3 is 4.74 Å². The number of hydrogen-bond acceptors (Lipinski definition) is 4.